The smallest absolute Gasteiger partial charge is 0.230 e. The van der Waals surface area contributed by atoms with Gasteiger partial charge in [-0.3, -0.25) is 4.79 Å². The Morgan fingerprint density at radius 3 is 2.70 bits per heavy atom. The molecule has 1 amide bonds. The van der Waals surface area contributed by atoms with E-state index in [1.807, 2.05) is 54.8 Å². The first-order chi connectivity index (χ1) is 14.6. The number of hydrogen-bond acceptors (Lipinski definition) is 6. The van der Waals surface area contributed by atoms with E-state index >= 15 is 0 Å². The number of aromatic nitrogens is 3. The van der Waals surface area contributed by atoms with Crippen LogP contribution >= 0.6 is 11.8 Å². The Morgan fingerprint density at radius 1 is 1.13 bits per heavy atom. The van der Waals surface area contributed by atoms with Crippen LogP contribution < -0.4 is 14.8 Å². The molecule has 1 unspecified atom stereocenters. The van der Waals surface area contributed by atoms with Crippen molar-refractivity contribution in [1.29, 1.82) is 0 Å². The zero-order valence-electron chi connectivity index (χ0n) is 17.0. The molecule has 30 heavy (non-hydrogen) atoms. The number of ether oxygens (including phenoxy) is 2. The third-order valence-corrected chi connectivity index (χ3v) is 5.83. The predicted octanol–water partition coefficient (Wildman–Crippen LogP) is 3.38. The van der Waals surface area contributed by atoms with Crippen molar-refractivity contribution >= 4 is 17.7 Å². The van der Waals surface area contributed by atoms with Crippen LogP contribution in [0.1, 0.15) is 29.9 Å². The van der Waals surface area contributed by atoms with Crippen molar-refractivity contribution in [3.8, 4) is 11.5 Å². The maximum atomic E-state index is 12.5. The van der Waals surface area contributed by atoms with Gasteiger partial charge in [0.2, 0.25) is 5.91 Å². The van der Waals surface area contributed by atoms with Crippen LogP contribution in [0.15, 0.2) is 53.7 Å². The van der Waals surface area contributed by atoms with Gasteiger partial charge in [0.05, 0.1) is 18.3 Å². The molecule has 1 aromatic heterocycles. The summed E-state index contributed by atoms with van der Waals surface area (Å²) < 4.78 is 13.2. The molecule has 8 heteroatoms. The van der Waals surface area contributed by atoms with Crippen LogP contribution in [0.4, 0.5) is 0 Å². The third kappa shape index (κ3) is 4.76. The van der Waals surface area contributed by atoms with E-state index in [0.29, 0.717) is 19.8 Å². The van der Waals surface area contributed by atoms with Gasteiger partial charge >= 0.3 is 0 Å². The maximum Gasteiger partial charge on any atom is 0.230 e. The molecule has 1 aliphatic heterocycles. The SMILES string of the molecule is Cc1nnc(SCC(=O)NC(C)c2ccc3c(c2)OCCO3)n1Cc1ccccc1. The first kappa shape index (κ1) is 20.3. The molecule has 2 heterocycles. The van der Waals surface area contributed by atoms with Crippen LogP contribution in [0.3, 0.4) is 0 Å². The maximum absolute atomic E-state index is 12.5. The van der Waals surface area contributed by atoms with E-state index in [1.54, 1.807) is 0 Å². The molecule has 1 N–H and O–H groups in total. The molecule has 0 saturated carbocycles. The van der Waals surface area contributed by atoms with Gasteiger partial charge in [-0.15, -0.1) is 10.2 Å². The van der Waals surface area contributed by atoms with Crippen LogP contribution in [0, 0.1) is 6.92 Å². The van der Waals surface area contributed by atoms with Crippen LogP contribution in [-0.4, -0.2) is 39.6 Å². The number of rotatable bonds is 7. The van der Waals surface area contributed by atoms with Gasteiger partial charge in [0.1, 0.15) is 19.0 Å². The molecule has 1 atom stereocenters. The number of hydrogen-bond donors (Lipinski definition) is 1. The summed E-state index contributed by atoms with van der Waals surface area (Å²) in [5.74, 6) is 2.49. The van der Waals surface area contributed by atoms with Crippen LogP contribution in [0.25, 0.3) is 0 Å². The van der Waals surface area contributed by atoms with Crippen LogP contribution in [-0.2, 0) is 11.3 Å². The third-order valence-electron chi connectivity index (χ3n) is 4.86. The number of carbonyl (C=O) groups excluding carboxylic acids is 1. The summed E-state index contributed by atoms with van der Waals surface area (Å²) >= 11 is 1.39. The minimum atomic E-state index is -0.141. The zero-order chi connectivity index (χ0) is 20.9. The molecule has 7 nitrogen and oxygen atoms in total. The average Bonchev–Trinajstić information content (AvgIpc) is 3.12. The van der Waals surface area contributed by atoms with Crippen LogP contribution in [0.5, 0.6) is 11.5 Å². The molecule has 3 aromatic rings. The van der Waals surface area contributed by atoms with E-state index in [1.165, 1.54) is 17.3 Å². The fraction of sp³-hybridized carbons (Fsp3) is 0.318. The summed E-state index contributed by atoms with van der Waals surface area (Å²) in [6.45, 7) is 5.65. The van der Waals surface area contributed by atoms with Gasteiger partial charge in [0, 0.05) is 0 Å². The van der Waals surface area contributed by atoms with E-state index in [2.05, 4.69) is 27.6 Å². The monoisotopic (exact) mass is 424 g/mol. The number of benzene rings is 2. The van der Waals surface area contributed by atoms with E-state index in [-0.39, 0.29) is 17.7 Å². The highest BCUT2D eigenvalue weighted by atomic mass is 32.2. The minimum Gasteiger partial charge on any atom is -0.486 e. The second-order valence-electron chi connectivity index (χ2n) is 7.08. The number of nitrogens with one attached hydrogen (secondary N) is 1. The van der Waals surface area contributed by atoms with Crippen molar-refractivity contribution in [3.63, 3.8) is 0 Å². The highest BCUT2D eigenvalue weighted by Gasteiger charge is 2.17. The highest BCUT2D eigenvalue weighted by molar-refractivity contribution is 7.99. The van der Waals surface area contributed by atoms with Crippen molar-refractivity contribution in [2.45, 2.75) is 31.6 Å². The second-order valence-corrected chi connectivity index (χ2v) is 8.03. The molecular weight excluding hydrogens is 400 g/mol. The largest absolute Gasteiger partial charge is 0.486 e. The molecule has 0 saturated heterocycles. The van der Waals surface area contributed by atoms with Crippen molar-refractivity contribution < 1.29 is 14.3 Å². The molecular formula is C22H24N4O3S. The number of nitrogens with zero attached hydrogens (tertiary/aromatic N) is 3. The fourth-order valence-electron chi connectivity index (χ4n) is 3.24. The van der Waals surface area contributed by atoms with E-state index in [9.17, 15) is 4.79 Å². The lowest BCUT2D eigenvalue weighted by atomic mass is 10.1. The first-order valence-electron chi connectivity index (χ1n) is 9.85. The summed E-state index contributed by atoms with van der Waals surface area (Å²) in [5, 5.41) is 12.2. The average molecular weight is 425 g/mol. The van der Waals surface area contributed by atoms with Gasteiger partial charge in [-0.25, -0.2) is 0 Å². The first-order valence-corrected chi connectivity index (χ1v) is 10.8. The summed E-state index contributed by atoms with van der Waals surface area (Å²) in [4.78, 5) is 12.5. The summed E-state index contributed by atoms with van der Waals surface area (Å²) in [6, 6.07) is 15.8. The molecule has 156 valence electrons. The lowest BCUT2D eigenvalue weighted by Gasteiger charge is -2.21. The molecule has 0 aliphatic carbocycles. The Balaban J connectivity index is 1.35. The molecule has 0 radical (unpaired) electrons. The molecule has 0 bridgehead atoms. The second kappa shape index (κ2) is 9.21. The molecule has 1 aliphatic rings. The summed E-state index contributed by atoms with van der Waals surface area (Å²) in [7, 11) is 0. The van der Waals surface area contributed by atoms with E-state index in [0.717, 1.165) is 28.0 Å². The van der Waals surface area contributed by atoms with Crippen molar-refractivity contribution in [1.82, 2.24) is 20.1 Å². The van der Waals surface area contributed by atoms with E-state index < -0.39 is 0 Å². The molecule has 0 spiro atoms. The van der Waals surface area contributed by atoms with Crippen LogP contribution in [0.2, 0.25) is 0 Å². The lowest BCUT2D eigenvalue weighted by molar-refractivity contribution is -0.119. The fourth-order valence-corrected chi connectivity index (χ4v) is 4.04. The van der Waals surface area contributed by atoms with Gasteiger partial charge in [-0.1, -0.05) is 48.2 Å². The van der Waals surface area contributed by atoms with Gasteiger partial charge in [-0.2, -0.15) is 0 Å². The number of thioether (sulfide) groups is 1. The Labute approximate surface area is 179 Å². The highest BCUT2D eigenvalue weighted by Crippen LogP contribution is 2.32. The molecule has 2 aromatic carbocycles. The van der Waals surface area contributed by atoms with Gasteiger partial charge < -0.3 is 19.4 Å². The predicted molar refractivity (Wildman–Crippen MR) is 115 cm³/mol. The molecule has 4 rings (SSSR count). The number of amides is 1. The normalized spacial score (nSPS) is 13.7. The van der Waals surface area contributed by atoms with Gasteiger partial charge in [0.15, 0.2) is 16.7 Å². The number of aryl methyl sites for hydroxylation is 1. The standard InChI is InChI=1S/C22H24N4O3S/c1-15(18-8-9-19-20(12-18)29-11-10-28-19)23-21(27)14-30-22-25-24-16(2)26(22)13-17-6-4-3-5-7-17/h3-9,12,15H,10-11,13-14H2,1-2H3,(H,23,27). The Hall–Kier alpha value is -3.00. The van der Waals surface area contributed by atoms with E-state index in [4.69, 9.17) is 9.47 Å². The molecule has 0 fully saturated rings. The lowest BCUT2D eigenvalue weighted by Crippen LogP contribution is -2.28. The quantitative estimate of drug-likeness (QED) is 0.586. The Morgan fingerprint density at radius 2 is 1.90 bits per heavy atom. The number of fused-ring (bicyclic) bond motifs is 1. The van der Waals surface area contributed by atoms with Crippen molar-refractivity contribution in [3.05, 3.63) is 65.5 Å². The Bertz CT molecular complexity index is 1020. The van der Waals surface area contributed by atoms with Crippen molar-refractivity contribution in [2.24, 2.45) is 0 Å². The van der Waals surface area contributed by atoms with Crippen molar-refractivity contribution in [2.75, 3.05) is 19.0 Å². The number of carbonyl (C=O) groups is 1. The van der Waals surface area contributed by atoms with Gasteiger partial charge in [0.25, 0.3) is 0 Å². The Kier molecular flexibility index (Phi) is 6.23. The summed E-state index contributed by atoms with van der Waals surface area (Å²) in [5.41, 5.74) is 2.14. The minimum absolute atomic E-state index is 0.0608. The van der Waals surface area contributed by atoms with Gasteiger partial charge in [-0.05, 0) is 37.1 Å². The zero-order valence-corrected chi connectivity index (χ0v) is 17.8. The summed E-state index contributed by atoms with van der Waals surface area (Å²) in [6.07, 6.45) is 0. The topological polar surface area (TPSA) is 78.3 Å².